The molecule has 0 aliphatic rings. The fourth-order valence-electron chi connectivity index (χ4n) is 1.22. The van der Waals surface area contributed by atoms with Crippen LogP contribution in [0.3, 0.4) is 0 Å². The summed E-state index contributed by atoms with van der Waals surface area (Å²) >= 11 is 9.25. The van der Waals surface area contributed by atoms with Crippen molar-refractivity contribution < 1.29 is 4.42 Å². The first-order chi connectivity index (χ1) is 7.70. The van der Waals surface area contributed by atoms with Crippen molar-refractivity contribution in [1.82, 2.24) is 15.5 Å². The lowest BCUT2D eigenvalue weighted by Crippen LogP contribution is -2.04. The van der Waals surface area contributed by atoms with Gasteiger partial charge in [0.05, 0.1) is 11.6 Å². The highest BCUT2D eigenvalue weighted by molar-refractivity contribution is 9.10. The highest BCUT2D eigenvalue weighted by Crippen LogP contribution is 2.28. The summed E-state index contributed by atoms with van der Waals surface area (Å²) in [5, 5.41) is 11.5. The third kappa shape index (κ3) is 2.42. The Labute approximate surface area is 106 Å². The minimum absolute atomic E-state index is 0.489. The van der Waals surface area contributed by atoms with Crippen LogP contribution >= 0.6 is 27.5 Å². The van der Waals surface area contributed by atoms with Crippen LogP contribution in [-0.2, 0) is 6.54 Å². The van der Waals surface area contributed by atoms with Crippen LogP contribution in [0, 0.1) is 0 Å². The van der Waals surface area contributed by atoms with Gasteiger partial charge in [0.2, 0.25) is 11.8 Å². The van der Waals surface area contributed by atoms with Crippen LogP contribution in [0.4, 0.5) is 0 Å². The first-order valence-electron chi connectivity index (χ1n) is 4.63. The van der Waals surface area contributed by atoms with E-state index in [1.165, 1.54) is 0 Å². The van der Waals surface area contributed by atoms with Gasteiger partial charge < -0.3 is 9.73 Å². The molecule has 0 aliphatic heterocycles. The van der Waals surface area contributed by atoms with Crippen molar-refractivity contribution in [1.29, 1.82) is 0 Å². The van der Waals surface area contributed by atoms with E-state index in [-0.39, 0.29) is 0 Å². The highest BCUT2D eigenvalue weighted by atomic mass is 79.9. The monoisotopic (exact) mass is 301 g/mol. The van der Waals surface area contributed by atoms with Crippen molar-refractivity contribution in [2.24, 2.45) is 0 Å². The molecule has 0 amide bonds. The van der Waals surface area contributed by atoms with Crippen LogP contribution in [0.25, 0.3) is 11.5 Å². The van der Waals surface area contributed by atoms with Crippen molar-refractivity contribution in [3.8, 4) is 11.5 Å². The van der Waals surface area contributed by atoms with Gasteiger partial charge in [-0.25, -0.2) is 0 Å². The lowest BCUT2D eigenvalue weighted by Gasteiger charge is -1.98. The van der Waals surface area contributed by atoms with E-state index in [1.54, 1.807) is 6.07 Å². The molecule has 0 atom stereocenters. The normalized spacial score (nSPS) is 10.7. The van der Waals surface area contributed by atoms with Crippen LogP contribution in [0.5, 0.6) is 0 Å². The smallest absolute Gasteiger partial charge is 0.247 e. The third-order valence-corrected chi connectivity index (χ3v) is 3.18. The zero-order chi connectivity index (χ0) is 11.5. The molecule has 0 saturated carbocycles. The number of halogens is 2. The Kier molecular flexibility index (Phi) is 3.58. The fourth-order valence-corrected chi connectivity index (χ4v) is 1.72. The Bertz CT molecular complexity index is 501. The van der Waals surface area contributed by atoms with Gasteiger partial charge in [0.15, 0.2) is 0 Å². The molecule has 1 aromatic heterocycles. The predicted molar refractivity (Wildman–Crippen MR) is 65.2 cm³/mol. The van der Waals surface area contributed by atoms with Gasteiger partial charge in [-0.3, -0.25) is 0 Å². The fraction of sp³-hybridized carbons (Fsp3) is 0.200. The summed E-state index contributed by atoms with van der Waals surface area (Å²) in [6.45, 7) is 0.557. The number of nitrogens with zero attached hydrogens (tertiary/aromatic N) is 2. The average molecular weight is 303 g/mol. The molecule has 1 heterocycles. The summed E-state index contributed by atoms with van der Waals surface area (Å²) in [6.07, 6.45) is 0. The Morgan fingerprint density at radius 3 is 2.94 bits per heavy atom. The number of aromatic nitrogens is 2. The molecular formula is C10H9BrClN3O. The quantitative estimate of drug-likeness (QED) is 0.947. The van der Waals surface area contributed by atoms with Crippen LogP contribution in [0.15, 0.2) is 27.1 Å². The largest absolute Gasteiger partial charge is 0.419 e. The lowest BCUT2D eigenvalue weighted by atomic mass is 10.2. The molecule has 84 valence electrons. The SMILES string of the molecule is CNCc1nnc(-c2ccc(Cl)c(Br)c2)o1. The van der Waals surface area contributed by atoms with Gasteiger partial charge in [-0.1, -0.05) is 11.6 Å². The van der Waals surface area contributed by atoms with Crippen LogP contribution in [0.1, 0.15) is 5.89 Å². The molecule has 0 fully saturated rings. The Morgan fingerprint density at radius 1 is 1.44 bits per heavy atom. The molecule has 6 heteroatoms. The van der Waals surface area contributed by atoms with Crippen molar-refractivity contribution >= 4 is 27.5 Å². The maximum Gasteiger partial charge on any atom is 0.247 e. The number of rotatable bonds is 3. The molecule has 0 saturated heterocycles. The zero-order valence-electron chi connectivity index (χ0n) is 8.50. The number of hydrogen-bond acceptors (Lipinski definition) is 4. The summed E-state index contributed by atoms with van der Waals surface area (Å²) in [5.74, 6) is 1.05. The van der Waals surface area contributed by atoms with Gasteiger partial charge in [-0.2, -0.15) is 0 Å². The Morgan fingerprint density at radius 2 is 2.25 bits per heavy atom. The van der Waals surface area contributed by atoms with E-state index < -0.39 is 0 Å². The molecule has 2 aromatic rings. The van der Waals surface area contributed by atoms with E-state index in [4.69, 9.17) is 16.0 Å². The van der Waals surface area contributed by atoms with Gasteiger partial charge in [0.25, 0.3) is 0 Å². The van der Waals surface area contributed by atoms with Crippen molar-refractivity contribution in [2.75, 3.05) is 7.05 Å². The molecule has 0 unspecified atom stereocenters. The van der Waals surface area contributed by atoms with Crippen molar-refractivity contribution in [3.05, 3.63) is 33.6 Å². The lowest BCUT2D eigenvalue weighted by molar-refractivity contribution is 0.490. The van der Waals surface area contributed by atoms with E-state index in [9.17, 15) is 0 Å². The maximum absolute atomic E-state index is 5.90. The van der Waals surface area contributed by atoms with E-state index >= 15 is 0 Å². The van der Waals surface area contributed by atoms with E-state index in [1.807, 2.05) is 19.2 Å². The second-order valence-corrected chi connectivity index (χ2v) is 4.42. The second-order valence-electron chi connectivity index (χ2n) is 3.16. The third-order valence-electron chi connectivity index (χ3n) is 1.96. The average Bonchev–Trinajstić information content (AvgIpc) is 2.71. The van der Waals surface area contributed by atoms with Gasteiger partial charge in [0.1, 0.15) is 0 Å². The highest BCUT2D eigenvalue weighted by Gasteiger charge is 2.09. The van der Waals surface area contributed by atoms with Crippen LogP contribution in [-0.4, -0.2) is 17.2 Å². The van der Waals surface area contributed by atoms with Crippen molar-refractivity contribution in [2.45, 2.75) is 6.54 Å². The number of nitrogens with one attached hydrogen (secondary N) is 1. The predicted octanol–water partition coefficient (Wildman–Crippen LogP) is 2.87. The Balaban J connectivity index is 2.31. The second kappa shape index (κ2) is 4.95. The van der Waals surface area contributed by atoms with Gasteiger partial charge in [0, 0.05) is 10.0 Å². The van der Waals surface area contributed by atoms with Crippen LogP contribution in [0.2, 0.25) is 5.02 Å². The van der Waals surface area contributed by atoms with Gasteiger partial charge in [-0.05, 0) is 41.2 Å². The number of hydrogen-bond donors (Lipinski definition) is 1. The molecular weight excluding hydrogens is 293 g/mol. The minimum atomic E-state index is 0.489. The molecule has 1 aromatic carbocycles. The molecule has 0 radical (unpaired) electrons. The summed E-state index contributed by atoms with van der Waals surface area (Å²) in [7, 11) is 1.82. The first kappa shape index (κ1) is 11.6. The maximum atomic E-state index is 5.90. The molecule has 0 aliphatic carbocycles. The zero-order valence-corrected chi connectivity index (χ0v) is 10.8. The summed E-state index contributed by atoms with van der Waals surface area (Å²) in [6, 6.07) is 5.46. The standard InChI is InChI=1S/C10H9BrClN3O/c1-13-5-9-14-15-10(16-9)6-2-3-8(12)7(11)4-6/h2-4,13H,5H2,1H3. The molecule has 16 heavy (non-hydrogen) atoms. The number of benzene rings is 1. The Hall–Kier alpha value is -0.910. The minimum Gasteiger partial charge on any atom is -0.419 e. The topological polar surface area (TPSA) is 51.0 Å². The molecule has 2 rings (SSSR count). The van der Waals surface area contributed by atoms with E-state index in [2.05, 4.69) is 31.4 Å². The summed E-state index contributed by atoms with van der Waals surface area (Å²) < 4.78 is 6.26. The molecule has 1 N–H and O–H groups in total. The van der Waals surface area contributed by atoms with Gasteiger partial charge >= 0.3 is 0 Å². The first-order valence-corrected chi connectivity index (χ1v) is 5.80. The summed E-state index contributed by atoms with van der Waals surface area (Å²) in [5.41, 5.74) is 0.839. The van der Waals surface area contributed by atoms with E-state index in [0.717, 1.165) is 10.0 Å². The molecule has 0 bridgehead atoms. The van der Waals surface area contributed by atoms with Crippen molar-refractivity contribution in [3.63, 3.8) is 0 Å². The molecule has 4 nitrogen and oxygen atoms in total. The van der Waals surface area contributed by atoms with Crippen LogP contribution < -0.4 is 5.32 Å². The molecule has 0 spiro atoms. The van der Waals surface area contributed by atoms with Gasteiger partial charge in [-0.15, -0.1) is 10.2 Å². The summed E-state index contributed by atoms with van der Waals surface area (Å²) in [4.78, 5) is 0. The van der Waals surface area contributed by atoms with E-state index in [0.29, 0.717) is 23.3 Å².